The van der Waals surface area contributed by atoms with Gasteiger partial charge in [0.05, 0.1) is 11.8 Å². The Kier molecular flexibility index (Phi) is 3.06. The van der Waals surface area contributed by atoms with Gasteiger partial charge >= 0.3 is 0 Å². The van der Waals surface area contributed by atoms with Crippen LogP contribution in [0.5, 0.6) is 0 Å². The highest BCUT2D eigenvalue weighted by Crippen LogP contribution is 2.02. The highest BCUT2D eigenvalue weighted by molar-refractivity contribution is 5.93. The second-order valence-corrected chi connectivity index (χ2v) is 3.57. The minimum Gasteiger partial charge on any atom is -0.341 e. The Morgan fingerprint density at radius 2 is 2.38 bits per heavy atom. The maximum Gasteiger partial charge on any atom is 0.256 e. The van der Waals surface area contributed by atoms with Crippen LogP contribution in [0.1, 0.15) is 24.2 Å². The monoisotopic (exact) mass is 181 g/mol. The maximum absolute atomic E-state index is 11.6. The lowest BCUT2D eigenvalue weighted by Gasteiger charge is -2.18. The van der Waals surface area contributed by atoms with E-state index in [-0.39, 0.29) is 5.91 Å². The number of nitrogens with one attached hydrogen (secondary N) is 1. The molecule has 0 fully saturated rings. The van der Waals surface area contributed by atoms with Gasteiger partial charge in [0.2, 0.25) is 0 Å². The van der Waals surface area contributed by atoms with Crippen molar-refractivity contribution in [2.75, 3.05) is 13.6 Å². The number of hydrogen-bond donors (Lipinski definition) is 1. The number of nitrogens with zero attached hydrogens (tertiary/aromatic N) is 2. The third-order valence-electron chi connectivity index (χ3n) is 1.73. The Bertz CT molecular complexity index is 266. The van der Waals surface area contributed by atoms with Gasteiger partial charge in [-0.15, -0.1) is 0 Å². The third kappa shape index (κ3) is 2.57. The van der Waals surface area contributed by atoms with Gasteiger partial charge in [-0.2, -0.15) is 5.10 Å². The molecule has 0 bridgehead atoms. The number of amides is 1. The molecule has 1 aromatic heterocycles. The summed E-state index contributed by atoms with van der Waals surface area (Å²) in [6.45, 7) is 4.93. The van der Waals surface area contributed by atoms with Crippen molar-refractivity contribution in [3.8, 4) is 0 Å². The molecule has 4 heteroatoms. The quantitative estimate of drug-likeness (QED) is 0.760. The zero-order valence-corrected chi connectivity index (χ0v) is 8.24. The van der Waals surface area contributed by atoms with Gasteiger partial charge in [0.1, 0.15) is 0 Å². The molecule has 0 saturated carbocycles. The number of H-pyrrole nitrogens is 1. The summed E-state index contributed by atoms with van der Waals surface area (Å²) >= 11 is 0. The summed E-state index contributed by atoms with van der Waals surface area (Å²) in [5.74, 6) is 0.503. The van der Waals surface area contributed by atoms with Gasteiger partial charge in [-0.3, -0.25) is 9.89 Å². The molecule has 1 aromatic rings. The number of hydrogen-bond acceptors (Lipinski definition) is 2. The van der Waals surface area contributed by atoms with Gasteiger partial charge in [-0.1, -0.05) is 13.8 Å². The molecule has 13 heavy (non-hydrogen) atoms. The number of aromatic amines is 1. The van der Waals surface area contributed by atoms with Crippen LogP contribution in [0.25, 0.3) is 0 Å². The van der Waals surface area contributed by atoms with Gasteiger partial charge in [0.15, 0.2) is 0 Å². The van der Waals surface area contributed by atoms with Crippen LogP contribution in [0.2, 0.25) is 0 Å². The number of rotatable bonds is 3. The normalized spacial score (nSPS) is 10.5. The van der Waals surface area contributed by atoms with Crippen molar-refractivity contribution < 1.29 is 4.79 Å². The lowest BCUT2D eigenvalue weighted by atomic mass is 10.2. The first kappa shape index (κ1) is 9.77. The Labute approximate surface area is 77.9 Å². The summed E-state index contributed by atoms with van der Waals surface area (Å²) in [7, 11) is 1.80. The zero-order chi connectivity index (χ0) is 9.84. The Balaban J connectivity index is 2.58. The van der Waals surface area contributed by atoms with Gasteiger partial charge in [0.25, 0.3) is 5.91 Å². The second kappa shape index (κ2) is 4.07. The highest BCUT2D eigenvalue weighted by atomic mass is 16.2. The van der Waals surface area contributed by atoms with Crippen molar-refractivity contribution in [3.05, 3.63) is 18.0 Å². The van der Waals surface area contributed by atoms with E-state index >= 15 is 0 Å². The molecule has 0 aliphatic carbocycles. The fourth-order valence-electron chi connectivity index (χ4n) is 1.22. The summed E-state index contributed by atoms with van der Waals surface area (Å²) in [6.07, 6.45) is 3.15. The van der Waals surface area contributed by atoms with Gasteiger partial charge in [-0.05, 0) is 5.92 Å². The van der Waals surface area contributed by atoms with Crippen LogP contribution < -0.4 is 0 Å². The largest absolute Gasteiger partial charge is 0.341 e. The zero-order valence-electron chi connectivity index (χ0n) is 8.24. The van der Waals surface area contributed by atoms with Crippen molar-refractivity contribution >= 4 is 5.91 Å². The van der Waals surface area contributed by atoms with E-state index in [4.69, 9.17) is 0 Å². The fraction of sp³-hybridized carbons (Fsp3) is 0.556. The SMILES string of the molecule is CC(C)CN(C)C(=O)c1cn[nH]c1. The molecular formula is C9H15N3O. The van der Waals surface area contributed by atoms with Crippen LogP contribution in [-0.2, 0) is 0 Å². The van der Waals surface area contributed by atoms with Crippen molar-refractivity contribution in [2.45, 2.75) is 13.8 Å². The number of carbonyl (C=O) groups excluding carboxylic acids is 1. The molecule has 0 atom stereocenters. The molecule has 0 unspecified atom stereocenters. The minimum atomic E-state index is 0.0162. The highest BCUT2D eigenvalue weighted by Gasteiger charge is 2.12. The predicted octanol–water partition coefficient (Wildman–Crippen LogP) is 1.14. The molecule has 1 rings (SSSR count). The fourth-order valence-corrected chi connectivity index (χ4v) is 1.22. The summed E-state index contributed by atoms with van der Waals surface area (Å²) in [6, 6.07) is 0. The minimum absolute atomic E-state index is 0.0162. The summed E-state index contributed by atoms with van der Waals surface area (Å²) in [5.41, 5.74) is 0.614. The van der Waals surface area contributed by atoms with E-state index in [1.807, 2.05) is 0 Å². The van der Waals surface area contributed by atoms with Crippen LogP contribution in [0.3, 0.4) is 0 Å². The first-order valence-corrected chi connectivity index (χ1v) is 4.35. The summed E-state index contributed by atoms with van der Waals surface area (Å²) in [5, 5.41) is 6.35. The first-order chi connectivity index (χ1) is 6.11. The smallest absolute Gasteiger partial charge is 0.256 e. The molecule has 1 N–H and O–H groups in total. The van der Waals surface area contributed by atoms with Crippen LogP contribution in [0.15, 0.2) is 12.4 Å². The lowest BCUT2D eigenvalue weighted by molar-refractivity contribution is 0.0779. The van der Waals surface area contributed by atoms with Crippen molar-refractivity contribution in [1.82, 2.24) is 15.1 Å². The number of aromatic nitrogens is 2. The van der Waals surface area contributed by atoms with Crippen LogP contribution in [0.4, 0.5) is 0 Å². The molecule has 0 aliphatic heterocycles. The Hall–Kier alpha value is -1.32. The second-order valence-electron chi connectivity index (χ2n) is 3.57. The van der Waals surface area contributed by atoms with E-state index in [1.165, 1.54) is 0 Å². The summed E-state index contributed by atoms with van der Waals surface area (Å²) < 4.78 is 0. The van der Waals surface area contributed by atoms with E-state index in [0.717, 1.165) is 6.54 Å². The lowest BCUT2D eigenvalue weighted by Crippen LogP contribution is -2.29. The predicted molar refractivity (Wildman–Crippen MR) is 50.4 cm³/mol. The van der Waals surface area contributed by atoms with Crippen molar-refractivity contribution in [3.63, 3.8) is 0 Å². The molecule has 0 radical (unpaired) electrons. The maximum atomic E-state index is 11.6. The van der Waals surface area contributed by atoms with Crippen LogP contribution >= 0.6 is 0 Å². The molecule has 72 valence electrons. The Morgan fingerprint density at radius 1 is 1.69 bits per heavy atom. The third-order valence-corrected chi connectivity index (χ3v) is 1.73. The molecular weight excluding hydrogens is 166 g/mol. The summed E-state index contributed by atoms with van der Waals surface area (Å²) in [4.78, 5) is 13.3. The topological polar surface area (TPSA) is 49.0 Å². The molecule has 1 amide bonds. The first-order valence-electron chi connectivity index (χ1n) is 4.35. The molecule has 0 aliphatic rings. The van der Waals surface area contributed by atoms with Crippen molar-refractivity contribution in [2.24, 2.45) is 5.92 Å². The van der Waals surface area contributed by atoms with Crippen LogP contribution in [0, 0.1) is 5.92 Å². The van der Waals surface area contributed by atoms with E-state index < -0.39 is 0 Å². The average Bonchev–Trinajstić information content (AvgIpc) is 2.53. The molecule has 1 heterocycles. The van der Waals surface area contributed by atoms with E-state index in [0.29, 0.717) is 11.5 Å². The van der Waals surface area contributed by atoms with E-state index in [2.05, 4.69) is 24.0 Å². The molecule has 0 spiro atoms. The van der Waals surface area contributed by atoms with Gasteiger partial charge in [0, 0.05) is 19.8 Å². The molecule has 4 nitrogen and oxygen atoms in total. The molecule has 0 aromatic carbocycles. The van der Waals surface area contributed by atoms with Gasteiger partial charge < -0.3 is 4.90 Å². The van der Waals surface area contributed by atoms with Crippen molar-refractivity contribution in [1.29, 1.82) is 0 Å². The van der Waals surface area contributed by atoms with Gasteiger partial charge in [-0.25, -0.2) is 0 Å². The Morgan fingerprint density at radius 3 is 2.85 bits per heavy atom. The van der Waals surface area contributed by atoms with E-state index in [9.17, 15) is 4.79 Å². The molecule has 0 saturated heterocycles. The van der Waals surface area contributed by atoms with Crippen LogP contribution in [-0.4, -0.2) is 34.6 Å². The number of carbonyl (C=O) groups is 1. The average molecular weight is 181 g/mol. The standard InChI is InChI=1S/C9H15N3O/c1-7(2)6-12(3)9(13)8-4-10-11-5-8/h4-5,7H,6H2,1-3H3,(H,10,11). The van der Waals surface area contributed by atoms with E-state index in [1.54, 1.807) is 24.3 Å².